The fourth-order valence-electron chi connectivity index (χ4n) is 2.44. The zero-order chi connectivity index (χ0) is 8.44. The van der Waals surface area contributed by atoms with Crippen LogP contribution in [-0.4, -0.2) is 19.0 Å². The van der Waals surface area contributed by atoms with Gasteiger partial charge in [0.05, 0.1) is 0 Å². The van der Waals surface area contributed by atoms with Crippen LogP contribution in [-0.2, 0) is 9.53 Å². The first-order valence-corrected chi connectivity index (χ1v) is 4.95. The molecule has 2 aliphatic rings. The van der Waals surface area contributed by atoms with Gasteiger partial charge >= 0.3 is 0 Å². The van der Waals surface area contributed by atoms with Gasteiger partial charge in [0.25, 0.3) is 0 Å². The Balaban J connectivity index is 2.09. The first-order valence-electron chi connectivity index (χ1n) is 4.95. The second kappa shape index (κ2) is 3.17. The Labute approximate surface area is 73.3 Å². The Kier molecular flexibility index (Phi) is 2.18. The van der Waals surface area contributed by atoms with E-state index in [4.69, 9.17) is 4.74 Å². The SMILES string of the molecule is O=C1CCCCC12CCOCC2. The van der Waals surface area contributed by atoms with Crippen molar-refractivity contribution < 1.29 is 9.53 Å². The van der Waals surface area contributed by atoms with Gasteiger partial charge in [0, 0.05) is 25.0 Å². The maximum absolute atomic E-state index is 11.7. The van der Waals surface area contributed by atoms with Crippen molar-refractivity contribution in [2.24, 2.45) is 5.41 Å². The highest BCUT2D eigenvalue weighted by atomic mass is 16.5. The minimum Gasteiger partial charge on any atom is -0.381 e. The van der Waals surface area contributed by atoms with Crippen LogP contribution >= 0.6 is 0 Å². The second-order valence-corrected chi connectivity index (χ2v) is 4.02. The molecule has 1 saturated heterocycles. The molecule has 0 atom stereocenters. The molecule has 0 radical (unpaired) electrons. The van der Waals surface area contributed by atoms with Crippen LogP contribution in [0.3, 0.4) is 0 Å². The average molecular weight is 168 g/mol. The molecule has 0 unspecified atom stereocenters. The molecule has 2 heteroatoms. The minimum absolute atomic E-state index is 0.0521. The molecule has 2 rings (SSSR count). The lowest BCUT2D eigenvalue weighted by Gasteiger charge is -2.38. The molecule has 68 valence electrons. The quantitative estimate of drug-likeness (QED) is 0.552. The lowest BCUT2D eigenvalue weighted by molar-refractivity contribution is -0.137. The molecule has 0 amide bonds. The van der Waals surface area contributed by atoms with Gasteiger partial charge in [-0.2, -0.15) is 0 Å². The number of carbonyl (C=O) groups excluding carboxylic acids is 1. The van der Waals surface area contributed by atoms with E-state index in [0.29, 0.717) is 5.78 Å². The molecule has 0 aromatic heterocycles. The van der Waals surface area contributed by atoms with Crippen molar-refractivity contribution in [3.05, 3.63) is 0 Å². The van der Waals surface area contributed by atoms with Crippen LogP contribution in [0.5, 0.6) is 0 Å². The van der Waals surface area contributed by atoms with Gasteiger partial charge in [0.15, 0.2) is 0 Å². The van der Waals surface area contributed by atoms with Gasteiger partial charge in [-0.3, -0.25) is 4.79 Å². The average Bonchev–Trinajstić information content (AvgIpc) is 2.12. The van der Waals surface area contributed by atoms with Gasteiger partial charge in [-0.15, -0.1) is 0 Å². The Hall–Kier alpha value is -0.370. The summed E-state index contributed by atoms with van der Waals surface area (Å²) >= 11 is 0. The van der Waals surface area contributed by atoms with Gasteiger partial charge in [-0.25, -0.2) is 0 Å². The Morgan fingerprint density at radius 1 is 1.08 bits per heavy atom. The largest absolute Gasteiger partial charge is 0.381 e. The Bertz CT molecular complexity index is 172. The van der Waals surface area contributed by atoms with Crippen molar-refractivity contribution in [2.75, 3.05) is 13.2 Å². The molecule has 1 heterocycles. The summed E-state index contributed by atoms with van der Waals surface area (Å²) in [5.41, 5.74) is 0.0521. The normalized spacial score (nSPS) is 29.2. The summed E-state index contributed by atoms with van der Waals surface area (Å²) in [4.78, 5) is 11.7. The van der Waals surface area contributed by atoms with Crippen LogP contribution in [0.15, 0.2) is 0 Å². The van der Waals surface area contributed by atoms with Gasteiger partial charge < -0.3 is 4.74 Å². The van der Waals surface area contributed by atoms with Crippen LogP contribution < -0.4 is 0 Å². The molecule has 1 aliphatic carbocycles. The molecule has 2 fully saturated rings. The standard InChI is InChI=1S/C10H16O2/c11-9-3-1-2-4-10(9)5-7-12-8-6-10/h1-8H2. The lowest BCUT2D eigenvalue weighted by Crippen LogP contribution is -2.39. The van der Waals surface area contributed by atoms with Crippen LogP contribution in [0, 0.1) is 5.41 Å². The fourth-order valence-corrected chi connectivity index (χ4v) is 2.44. The highest BCUT2D eigenvalue weighted by molar-refractivity contribution is 5.85. The summed E-state index contributed by atoms with van der Waals surface area (Å²) in [6.45, 7) is 1.59. The van der Waals surface area contributed by atoms with Gasteiger partial charge in [-0.05, 0) is 25.7 Å². The summed E-state index contributed by atoms with van der Waals surface area (Å²) in [7, 11) is 0. The van der Waals surface area contributed by atoms with Crippen LogP contribution in [0.25, 0.3) is 0 Å². The summed E-state index contributed by atoms with van der Waals surface area (Å²) < 4.78 is 5.29. The van der Waals surface area contributed by atoms with E-state index < -0.39 is 0 Å². The van der Waals surface area contributed by atoms with Crippen molar-refractivity contribution in [1.29, 1.82) is 0 Å². The number of ketones is 1. The van der Waals surface area contributed by atoms with E-state index in [1.54, 1.807) is 0 Å². The third-order valence-corrected chi connectivity index (χ3v) is 3.35. The first kappa shape index (κ1) is 8.24. The number of ether oxygens (including phenoxy) is 1. The number of Topliss-reactive ketones (excluding diaryl/α,β-unsaturated/α-hetero) is 1. The van der Waals surface area contributed by atoms with Crippen molar-refractivity contribution in [2.45, 2.75) is 38.5 Å². The second-order valence-electron chi connectivity index (χ2n) is 4.02. The molecule has 0 N–H and O–H groups in total. The van der Waals surface area contributed by atoms with Crippen molar-refractivity contribution in [1.82, 2.24) is 0 Å². The fraction of sp³-hybridized carbons (Fsp3) is 0.900. The van der Waals surface area contributed by atoms with Gasteiger partial charge in [-0.1, -0.05) is 6.42 Å². The summed E-state index contributed by atoms with van der Waals surface area (Å²) in [6.07, 6.45) is 6.25. The zero-order valence-corrected chi connectivity index (χ0v) is 7.47. The summed E-state index contributed by atoms with van der Waals surface area (Å²) in [6, 6.07) is 0. The first-order chi connectivity index (χ1) is 5.83. The zero-order valence-electron chi connectivity index (χ0n) is 7.47. The smallest absolute Gasteiger partial charge is 0.139 e. The molecule has 1 spiro atoms. The van der Waals surface area contributed by atoms with E-state index in [1.165, 1.54) is 6.42 Å². The molecule has 2 nitrogen and oxygen atoms in total. The third-order valence-electron chi connectivity index (χ3n) is 3.35. The van der Waals surface area contributed by atoms with Gasteiger partial charge in [0.2, 0.25) is 0 Å². The molecular formula is C10H16O2. The molecule has 0 aromatic rings. The number of hydrogen-bond acceptors (Lipinski definition) is 2. The Morgan fingerprint density at radius 3 is 2.50 bits per heavy atom. The lowest BCUT2D eigenvalue weighted by atomic mass is 9.68. The molecule has 0 aromatic carbocycles. The van der Waals surface area contributed by atoms with E-state index >= 15 is 0 Å². The Morgan fingerprint density at radius 2 is 1.83 bits per heavy atom. The molecular weight excluding hydrogens is 152 g/mol. The van der Waals surface area contributed by atoms with E-state index in [9.17, 15) is 4.79 Å². The van der Waals surface area contributed by atoms with E-state index in [0.717, 1.165) is 45.3 Å². The van der Waals surface area contributed by atoms with Crippen molar-refractivity contribution in [3.8, 4) is 0 Å². The van der Waals surface area contributed by atoms with Crippen molar-refractivity contribution in [3.63, 3.8) is 0 Å². The van der Waals surface area contributed by atoms with Gasteiger partial charge in [0.1, 0.15) is 5.78 Å². The third kappa shape index (κ3) is 1.28. The van der Waals surface area contributed by atoms with E-state index in [2.05, 4.69) is 0 Å². The summed E-state index contributed by atoms with van der Waals surface area (Å²) in [5, 5.41) is 0. The summed E-state index contributed by atoms with van der Waals surface area (Å²) in [5.74, 6) is 0.511. The predicted octanol–water partition coefficient (Wildman–Crippen LogP) is 1.93. The highest BCUT2D eigenvalue weighted by Crippen LogP contribution is 2.41. The number of carbonyl (C=O) groups is 1. The van der Waals surface area contributed by atoms with Crippen molar-refractivity contribution >= 4 is 5.78 Å². The van der Waals surface area contributed by atoms with E-state index in [-0.39, 0.29) is 5.41 Å². The molecule has 0 bridgehead atoms. The monoisotopic (exact) mass is 168 g/mol. The van der Waals surface area contributed by atoms with Crippen LogP contribution in [0.4, 0.5) is 0 Å². The molecule has 12 heavy (non-hydrogen) atoms. The van der Waals surface area contributed by atoms with Crippen LogP contribution in [0.1, 0.15) is 38.5 Å². The maximum Gasteiger partial charge on any atom is 0.139 e. The predicted molar refractivity (Wildman–Crippen MR) is 46.0 cm³/mol. The molecule has 1 aliphatic heterocycles. The highest BCUT2D eigenvalue weighted by Gasteiger charge is 2.40. The topological polar surface area (TPSA) is 26.3 Å². The minimum atomic E-state index is 0.0521. The van der Waals surface area contributed by atoms with E-state index in [1.807, 2.05) is 0 Å². The van der Waals surface area contributed by atoms with Crippen LogP contribution in [0.2, 0.25) is 0 Å². The maximum atomic E-state index is 11.7. The number of hydrogen-bond donors (Lipinski definition) is 0. The molecule has 1 saturated carbocycles. The number of rotatable bonds is 0.